The Morgan fingerprint density at radius 1 is 0.667 bits per heavy atom. The van der Waals surface area contributed by atoms with E-state index >= 15 is 0 Å². The Bertz CT molecular complexity index is 1380. The summed E-state index contributed by atoms with van der Waals surface area (Å²) in [7, 11) is 0. The summed E-state index contributed by atoms with van der Waals surface area (Å²) in [6.07, 6.45) is 5.32. The maximum Gasteiger partial charge on any atom is 0.227 e. The molecule has 1 amide bonds. The molecule has 0 saturated carbocycles. The summed E-state index contributed by atoms with van der Waals surface area (Å²) in [6.45, 7) is 0.442. The number of aryl methyl sites for hydroxylation is 1. The molecule has 0 spiro atoms. The molecule has 6 rings (SSSR count). The number of nitrogens with zero attached hydrogens (tertiary/aromatic N) is 3. The van der Waals surface area contributed by atoms with Gasteiger partial charge in [0.2, 0.25) is 5.91 Å². The zero-order valence-corrected chi connectivity index (χ0v) is 20.0. The van der Waals surface area contributed by atoms with Crippen molar-refractivity contribution in [3.05, 3.63) is 156 Å². The molecule has 0 unspecified atom stereocenters. The van der Waals surface area contributed by atoms with Gasteiger partial charge in [-0.3, -0.25) is 4.79 Å². The minimum Gasteiger partial charge on any atom is -0.319 e. The van der Waals surface area contributed by atoms with Crippen LogP contribution < -0.4 is 4.90 Å². The molecule has 36 heavy (non-hydrogen) atoms. The van der Waals surface area contributed by atoms with Crippen molar-refractivity contribution < 1.29 is 4.79 Å². The summed E-state index contributed by atoms with van der Waals surface area (Å²) in [6, 6.07) is 39.8. The van der Waals surface area contributed by atoms with Crippen LogP contribution in [0.5, 0.6) is 0 Å². The Kier molecular flexibility index (Phi) is 5.70. The molecule has 4 aromatic carbocycles. The number of para-hydroxylation sites is 1. The van der Waals surface area contributed by atoms with Crippen LogP contribution in [-0.2, 0) is 23.3 Å². The van der Waals surface area contributed by atoms with Gasteiger partial charge in [-0.05, 0) is 34.7 Å². The molecule has 0 fully saturated rings. The summed E-state index contributed by atoms with van der Waals surface area (Å²) in [4.78, 5) is 19.6. The number of fused-ring (bicyclic) bond motifs is 1. The molecule has 176 valence electrons. The molecule has 0 saturated heterocycles. The third-order valence-electron chi connectivity index (χ3n) is 7.11. The SMILES string of the molecule is O=C1CCc2ccccc2N1Cc1cn(C(c2ccccc2)(c2ccccc2)c2ccccc2)cn1. The summed E-state index contributed by atoms with van der Waals surface area (Å²) in [5.41, 5.74) is 5.88. The zero-order chi connectivity index (χ0) is 24.4. The minimum absolute atomic E-state index is 0.142. The Balaban J connectivity index is 1.50. The van der Waals surface area contributed by atoms with Crippen molar-refractivity contribution in [3.63, 3.8) is 0 Å². The fraction of sp³-hybridized carbons (Fsp3) is 0.125. The molecule has 1 aliphatic heterocycles. The molecule has 0 N–H and O–H groups in total. The standard InChI is InChI=1S/C32H27N3O/c36-31-21-20-25-12-10-11-19-30(25)35(31)23-29-22-34(24-33-29)32(26-13-4-1-5-14-26,27-15-6-2-7-16-27)28-17-8-3-9-18-28/h1-19,22,24H,20-21,23H2. The second kappa shape index (κ2) is 9.31. The number of amides is 1. The van der Waals surface area contributed by atoms with Gasteiger partial charge in [-0.1, -0.05) is 109 Å². The van der Waals surface area contributed by atoms with Gasteiger partial charge in [-0.25, -0.2) is 4.98 Å². The fourth-order valence-corrected chi connectivity index (χ4v) is 5.45. The molecule has 1 aromatic heterocycles. The van der Waals surface area contributed by atoms with Gasteiger partial charge in [-0.15, -0.1) is 0 Å². The molecule has 4 nitrogen and oxygen atoms in total. The predicted octanol–water partition coefficient (Wildman–Crippen LogP) is 6.20. The molecule has 0 bridgehead atoms. The van der Waals surface area contributed by atoms with Crippen LogP contribution in [0.2, 0.25) is 0 Å². The summed E-state index contributed by atoms with van der Waals surface area (Å²) in [5.74, 6) is 0.142. The van der Waals surface area contributed by atoms with E-state index in [9.17, 15) is 4.79 Å². The topological polar surface area (TPSA) is 38.1 Å². The molecule has 0 radical (unpaired) electrons. The fourth-order valence-electron chi connectivity index (χ4n) is 5.45. The van der Waals surface area contributed by atoms with E-state index in [0.717, 1.165) is 34.5 Å². The largest absolute Gasteiger partial charge is 0.319 e. The van der Waals surface area contributed by atoms with Gasteiger partial charge in [0.1, 0.15) is 5.54 Å². The molecule has 0 aliphatic carbocycles. The number of benzene rings is 4. The van der Waals surface area contributed by atoms with Crippen molar-refractivity contribution in [1.29, 1.82) is 0 Å². The number of anilines is 1. The van der Waals surface area contributed by atoms with Crippen LogP contribution in [0.1, 0.15) is 34.4 Å². The lowest BCUT2D eigenvalue weighted by atomic mass is 9.77. The van der Waals surface area contributed by atoms with Gasteiger partial charge in [0.25, 0.3) is 0 Å². The van der Waals surface area contributed by atoms with Crippen LogP contribution in [0.25, 0.3) is 0 Å². The smallest absolute Gasteiger partial charge is 0.227 e. The predicted molar refractivity (Wildman–Crippen MR) is 143 cm³/mol. The lowest BCUT2D eigenvalue weighted by Crippen LogP contribution is -2.37. The zero-order valence-electron chi connectivity index (χ0n) is 20.0. The number of imidazole rings is 1. The van der Waals surface area contributed by atoms with E-state index in [-0.39, 0.29) is 5.91 Å². The van der Waals surface area contributed by atoms with Crippen LogP contribution in [0, 0.1) is 0 Å². The maximum atomic E-state index is 12.9. The highest BCUT2D eigenvalue weighted by Gasteiger charge is 2.38. The third kappa shape index (κ3) is 3.72. The first-order valence-electron chi connectivity index (χ1n) is 12.3. The molecule has 4 heteroatoms. The van der Waals surface area contributed by atoms with Crippen molar-refractivity contribution in [2.24, 2.45) is 0 Å². The van der Waals surface area contributed by atoms with Crippen molar-refractivity contribution in [2.45, 2.75) is 24.9 Å². The van der Waals surface area contributed by atoms with E-state index < -0.39 is 5.54 Å². The first kappa shape index (κ1) is 22.1. The van der Waals surface area contributed by atoms with Crippen LogP contribution in [0.4, 0.5) is 5.69 Å². The number of hydrogen-bond acceptors (Lipinski definition) is 2. The minimum atomic E-state index is -0.612. The summed E-state index contributed by atoms with van der Waals surface area (Å²) < 4.78 is 2.20. The number of carbonyl (C=O) groups is 1. The lowest BCUT2D eigenvalue weighted by molar-refractivity contribution is -0.119. The van der Waals surface area contributed by atoms with E-state index in [1.807, 2.05) is 47.6 Å². The van der Waals surface area contributed by atoms with Gasteiger partial charge >= 0.3 is 0 Å². The van der Waals surface area contributed by atoms with E-state index in [0.29, 0.717) is 13.0 Å². The van der Waals surface area contributed by atoms with Crippen LogP contribution in [0.3, 0.4) is 0 Å². The maximum absolute atomic E-state index is 12.9. The molecule has 5 aromatic rings. The van der Waals surface area contributed by atoms with Crippen molar-refractivity contribution in [1.82, 2.24) is 9.55 Å². The normalized spacial score (nSPS) is 13.4. The van der Waals surface area contributed by atoms with E-state index in [1.165, 1.54) is 5.56 Å². The number of hydrogen-bond donors (Lipinski definition) is 0. The lowest BCUT2D eigenvalue weighted by Gasteiger charge is -2.37. The molecule has 0 atom stereocenters. The van der Waals surface area contributed by atoms with Crippen molar-refractivity contribution >= 4 is 11.6 Å². The van der Waals surface area contributed by atoms with Gasteiger partial charge in [0.05, 0.1) is 18.6 Å². The summed E-state index contributed by atoms with van der Waals surface area (Å²) in [5, 5.41) is 0. The van der Waals surface area contributed by atoms with Gasteiger partial charge in [0, 0.05) is 18.3 Å². The van der Waals surface area contributed by atoms with E-state index in [4.69, 9.17) is 4.98 Å². The number of rotatable bonds is 6. The van der Waals surface area contributed by atoms with Gasteiger partial charge in [0.15, 0.2) is 0 Å². The van der Waals surface area contributed by atoms with Gasteiger partial charge in [-0.2, -0.15) is 0 Å². The first-order valence-corrected chi connectivity index (χ1v) is 12.3. The Morgan fingerprint density at radius 2 is 1.19 bits per heavy atom. The van der Waals surface area contributed by atoms with Crippen molar-refractivity contribution in [3.8, 4) is 0 Å². The first-order chi connectivity index (χ1) is 17.8. The second-order valence-electron chi connectivity index (χ2n) is 9.19. The van der Waals surface area contributed by atoms with Crippen LogP contribution in [-0.4, -0.2) is 15.5 Å². The van der Waals surface area contributed by atoms with E-state index in [1.54, 1.807) is 0 Å². The second-order valence-corrected chi connectivity index (χ2v) is 9.19. The van der Waals surface area contributed by atoms with Crippen molar-refractivity contribution in [2.75, 3.05) is 4.90 Å². The van der Waals surface area contributed by atoms with Crippen LogP contribution >= 0.6 is 0 Å². The average Bonchev–Trinajstić information content (AvgIpc) is 3.41. The average molecular weight is 470 g/mol. The highest BCUT2D eigenvalue weighted by atomic mass is 16.2. The molecular weight excluding hydrogens is 442 g/mol. The van der Waals surface area contributed by atoms with Gasteiger partial charge < -0.3 is 9.47 Å². The Labute approximate surface area is 211 Å². The highest BCUT2D eigenvalue weighted by molar-refractivity contribution is 5.96. The van der Waals surface area contributed by atoms with E-state index in [2.05, 4.69) is 89.6 Å². The molecule has 2 heterocycles. The molecule has 1 aliphatic rings. The quantitative estimate of drug-likeness (QED) is 0.278. The Morgan fingerprint density at radius 3 is 1.78 bits per heavy atom. The Hall–Kier alpha value is -4.44. The monoisotopic (exact) mass is 469 g/mol. The number of aromatic nitrogens is 2. The highest BCUT2D eigenvalue weighted by Crippen LogP contribution is 2.41. The number of carbonyl (C=O) groups excluding carboxylic acids is 1. The third-order valence-corrected chi connectivity index (χ3v) is 7.11. The summed E-state index contributed by atoms with van der Waals surface area (Å²) >= 11 is 0. The van der Waals surface area contributed by atoms with Crippen LogP contribution in [0.15, 0.2) is 128 Å². The molecular formula is C32H27N3O.